The summed E-state index contributed by atoms with van der Waals surface area (Å²) >= 11 is 0. The van der Waals surface area contributed by atoms with Gasteiger partial charge >= 0.3 is 5.82 Å². The summed E-state index contributed by atoms with van der Waals surface area (Å²) < 4.78 is 24.7. The van der Waals surface area contributed by atoms with Gasteiger partial charge in [-0.2, -0.15) is 0 Å². The Morgan fingerprint density at radius 1 is 1.64 bits per heavy atom. The molecule has 1 aromatic heterocycles. The molecule has 0 fully saturated rings. The maximum atomic E-state index is 12.4. The highest BCUT2D eigenvalue weighted by molar-refractivity contribution is 5.33. The van der Waals surface area contributed by atoms with Crippen molar-refractivity contribution in [3.63, 3.8) is 0 Å². The first kappa shape index (κ1) is 10.5. The largest absolute Gasteiger partial charge is 0.363 e. The number of nitrogens with two attached hydrogens (primary N) is 1. The Morgan fingerprint density at radius 2 is 2.29 bits per heavy atom. The van der Waals surface area contributed by atoms with Crippen molar-refractivity contribution in [2.24, 2.45) is 5.73 Å². The second-order valence-corrected chi connectivity index (χ2v) is 2.50. The van der Waals surface area contributed by atoms with E-state index in [1.54, 1.807) is 0 Å². The van der Waals surface area contributed by atoms with E-state index in [0.29, 0.717) is 0 Å². The first-order valence-corrected chi connectivity index (χ1v) is 3.67. The van der Waals surface area contributed by atoms with Crippen LogP contribution in [-0.2, 0) is 6.54 Å². The van der Waals surface area contributed by atoms with Gasteiger partial charge in [0.1, 0.15) is 6.20 Å². The Balaban J connectivity index is 3.20. The average Bonchev–Trinajstić information content (AvgIpc) is 2.16. The quantitative estimate of drug-likeness (QED) is 0.594. The summed E-state index contributed by atoms with van der Waals surface area (Å²) in [6.07, 6.45) is -1.78. The zero-order valence-electron chi connectivity index (χ0n) is 6.98. The Morgan fingerprint density at radius 3 is 2.71 bits per heavy atom. The fraction of sp³-hybridized carbons (Fsp3) is 0.286. The van der Waals surface area contributed by atoms with E-state index in [4.69, 9.17) is 5.73 Å². The van der Waals surface area contributed by atoms with Crippen molar-refractivity contribution in [2.75, 3.05) is 0 Å². The smallest absolute Gasteiger partial charge is 0.358 e. The summed E-state index contributed by atoms with van der Waals surface area (Å²) in [6.45, 7) is -0.120. The van der Waals surface area contributed by atoms with Crippen LogP contribution in [0.25, 0.3) is 0 Å². The van der Waals surface area contributed by atoms with Crippen molar-refractivity contribution in [2.45, 2.75) is 13.0 Å². The van der Waals surface area contributed by atoms with E-state index in [1.165, 1.54) is 0 Å². The van der Waals surface area contributed by atoms with Crippen molar-refractivity contribution in [1.82, 2.24) is 4.98 Å². The third-order valence-corrected chi connectivity index (χ3v) is 1.65. The number of nitro groups is 1. The number of aromatic nitrogens is 1. The van der Waals surface area contributed by atoms with Crippen LogP contribution in [0.3, 0.4) is 0 Å². The molecular formula is C7H7F2N3O2. The Hall–Kier alpha value is -1.63. The van der Waals surface area contributed by atoms with Crippen LogP contribution < -0.4 is 5.73 Å². The molecule has 76 valence electrons. The summed E-state index contributed by atoms with van der Waals surface area (Å²) in [5, 5.41) is 10.2. The van der Waals surface area contributed by atoms with Crippen LogP contribution in [0.4, 0.5) is 14.6 Å². The molecule has 0 spiro atoms. The number of pyridine rings is 1. The highest BCUT2D eigenvalue weighted by Crippen LogP contribution is 2.24. The lowest BCUT2D eigenvalue weighted by molar-refractivity contribution is -0.389. The van der Waals surface area contributed by atoms with Crippen LogP contribution in [0, 0.1) is 10.1 Å². The van der Waals surface area contributed by atoms with Crippen molar-refractivity contribution < 1.29 is 13.7 Å². The topological polar surface area (TPSA) is 82.0 Å². The summed E-state index contributed by atoms with van der Waals surface area (Å²) in [6, 6.07) is 0.743. The second-order valence-electron chi connectivity index (χ2n) is 2.50. The van der Waals surface area contributed by atoms with E-state index in [2.05, 4.69) is 4.98 Å². The molecule has 0 aromatic carbocycles. The zero-order valence-corrected chi connectivity index (χ0v) is 6.98. The molecular weight excluding hydrogens is 196 g/mol. The van der Waals surface area contributed by atoms with Crippen LogP contribution in [-0.4, -0.2) is 9.91 Å². The second kappa shape index (κ2) is 4.05. The van der Waals surface area contributed by atoms with Gasteiger partial charge in [0.15, 0.2) is 0 Å². The summed E-state index contributed by atoms with van der Waals surface area (Å²) in [7, 11) is 0. The van der Waals surface area contributed by atoms with Gasteiger partial charge in [-0.05, 0) is 9.91 Å². The standard InChI is InChI=1S/C7H7F2N3O2/c8-7(9)5-1-6(12(13)14)11-3-4(5)2-10/h1,3,7H,2,10H2. The van der Waals surface area contributed by atoms with Gasteiger partial charge in [0.2, 0.25) is 0 Å². The number of hydrogen-bond acceptors (Lipinski definition) is 4. The summed E-state index contributed by atoms with van der Waals surface area (Å²) in [5.74, 6) is -0.600. The minimum absolute atomic E-state index is 0.116. The molecule has 0 unspecified atom stereocenters. The molecule has 2 N–H and O–H groups in total. The van der Waals surface area contributed by atoms with Gasteiger partial charge in [-0.1, -0.05) is 0 Å². The van der Waals surface area contributed by atoms with Crippen LogP contribution in [0.15, 0.2) is 12.3 Å². The first-order chi connectivity index (χ1) is 6.56. The van der Waals surface area contributed by atoms with Crippen molar-refractivity contribution in [3.8, 4) is 0 Å². The normalized spacial score (nSPS) is 10.6. The molecule has 7 heteroatoms. The lowest BCUT2D eigenvalue weighted by Gasteiger charge is -2.03. The van der Waals surface area contributed by atoms with Gasteiger partial charge in [0.25, 0.3) is 6.43 Å². The van der Waals surface area contributed by atoms with Crippen LogP contribution >= 0.6 is 0 Å². The molecule has 0 aliphatic rings. The minimum atomic E-state index is -2.78. The van der Waals surface area contributed by atoms with Crippen LogP contribution in [0.5, 0.6) is 0 Å². The molecule has 0 saturated carbocycles. The minimum Gasteiger partial charge on any atom is -0.358 e. The Bertz CT molecular complexity index is 357. The highest BCUT2D eigenvalue weighted by Gasteiger charge is 2.18. The molecule has 14 heavy (non-hydrogen) atoms. The average molecular weight is 203 g/mol. The van der Waals surface area contributed by atoms with Crippen molar-refractivity contribution in [3.05, 3.63) is 33.5 Å². The maximum absolute atomic E-state index is 12.4. The molecule has 5 nitrogen and oxygen atoms in total. The molecule has 0 amide bonds. The van der Waals surface area contributed by atoms with E-state index in [9.17, 15) is 18.9 Å². The van der Waals surface area contributed by atoms with Crippen molar-refractivity contribution in [1.29, 1.82) is 0 Å². The third-order valence-electron chi connectivity index (χ3n) is 1.65. The molecule has 0 aliphatic carbocycles. The van der Waals surface area contributed by atoms with Gasteiger partial charge < -0.3 is 15.8 Å². The first-order valence-electron chi connectivity index (χ1n) is 3.67. The summed E-state index contributed by atoms with van der Waals surface area (Å²) in [5.41, 5.74) is 4.85. The fourth-order valence-electron chi connectivity index (χ4n) is 0.961. The number of halogens is 2. The lowest BCUT2D eigenvalue weighted by Crippen LogP contribution is -2.04. The highest BCUT2D eigenvalue weighted by atomic mass is 19.3. The van der Waals surface area contributed by atoms with Crippen LogP contribution in [0.1, 0.15) is 17.6 Å². The molecule has 0 radical (unpaired) electrons. The van der Waals surface area contributed by atoms with Gasteiger partial charge in [0.05, 0.1) is 0 Å². The van der Waals surface area contributed by atoms with E-state index < -0.39 is 22.7 Å². The van der Waals surface area contributed by atoms with E-state index in [-0.39, 0.29) is 12.1 Å². The lowest BCUT2D eigenvalue weighted by atomic mass is 10.1. The van der Waals surface area contributed by atoms with E-state index in [0.717, 1.165) is 12.3 Å². The maximum Gasteiger partial charge on any atom is 0.363 e. The molecule has 0 aliphatic heterocycles. The Labute approximate surface area is 77.7 Å². The molecule has 1 aromatic rings. The van der Waals surface area contributed by atoms with Gasteiger partial charge in [-0.15, -0.1) is 0 Å². The van der Waals surface area contributed by atoms with E-state index in [1.807, 2.05) is 0 Å². The van der Waals surface area contributed by atoms with Gasteiger partial charge in [-0.3, -0.25) is 0 Å². The van der Waals surface area contributed by atoms with Crippen molar-refractivity contribution >= 4 is 5.82 Å². The Kier molecular flexibility index (Phi) is 3.03. The number of alkyl halides is 2. The van der Waals surface area contributed by atoms with Crippen LogP contribution in [0.2, 0.25) is 0 Å². The molecule has 1 rings (SSSR count). The number of nitrogens with zero attached hydrogens (tertiary/aromatic N) is 2. The molecule has 0 saturated heterocycles. The van der Waals surface area contributed by atoms with E-state index >= 15 is 0 Å². The summed E-state index contributed by atoms with van der Waals surface area (Å²) in [4.78, 5) is 12.8. The van der Waals surface area contributed by atoms with Gasteiger partial charge in [-0.25, -0.2) is 8.78 Å². The SMILES string of the molecule is NCc1cnc([N+](=O)[O-])cc1C(F)F. The monoisotopic (exact) mass is 203 g/mol. The molecule has 0 atom stereocenters. The zero-order chi connectivity index (χ0) is 10.7. The predicted octanol–water partition coefficient (Wildman–Crippen LogP) is 1.39. The molecule has 1 heterocycles. The molecule has 0 bridgehead atoms. The third kappa shape index (κ3) is 1.99. The fourth-order valence-corrected chi connectivity index (χ4v) is 0.961. The predicted molar refractivity (Wildman–Crippen MR) is 43.7 cm³/mol. The number of hydrogen-bond donors (Lipinski definition) is 1. The number of rotatable bonds is 3. The van der Waals surface area contributed by atoms with Gasteiger partial charge in [0, 0.05) is 23.7 Å².